The summed E-state index contributed by atoms with van der Waals surface area (Å²) < 4.78 is 0. The van der Waals surface area contributed by atoms with Gasteiger partial charge in [0.1, 0.15) is 0 Å². The number of hydrogen-bond donors (Lipinski definition) is 1. The molecule has 2 rings (SSSR count). The zero-order chi connectivity index (χ0) is 11.4. The molecule has 84 valence electrons. The molecule has 0 aliphatic carbocycles. The Bertz CT molecular complexity index is 426. The van der Waals surface area contributed by atoms with Gasteiger partial charge in [0.05, 0.1) is 0 Å². The fraction of sp³-hybridized carbons (Fsp3) is 0.286. The molecule has 1 N–H and O–H groups in total. The molecule has 1 aromatic carbocycles. The van der Waals surface area contributed by atoms with Gasteiger partial charge in [-0.15, -0.1) is 0 Å². The van der Waals surface area contributed by atoms with E-state index in [1.807, 2.05) is 0 Å². The smallest absolute Gasteiger partial charge is 0.0216 e. The molecular weight excluding hydrogens is 214 g/mol. The maximum atomic E-state index is 3.47. The zero-order valence-corrected chi connectivity index (χ0v) is 10.6. The zero-order valence-electron chi connectivity index (χ0n) is 9.79. The van der Waals surface area contributed by atoms with Crippen LogP contribution in [-0.4, -0.2) is 0 Å². The average molecular weight is 231 g/mol. The van der Waals surface area contributed by atoms with Crippen LogP contribution >= 0.6 is 11.3 Å². The second-order valence-electron chi connectivity index (χ2n) is 4.23. The normalized spacial score (nSPS) is 10.6. The van der Waals surface area contributed by atoms with E-state index in [4.69, 9.17) is 0 Å². The van der Waals surface area contributed by atoms with Gasteiger partial charge in [0.25, 0.3) is 0 Å². The summed E-state index contributed by atoms with van der Waals surface area (Å²) in [6.45, 7) is 6.19. The molecule has 0 fully saturated rings. The fourth-order valence-electron chi connectivity index (χ4n) is 1.92. The Morgan fingerprint density at radius 1 is 1.00 bits per heavy atom. The predicted octanol–water partition coefficient (Wildman–Crippen LogP) is 3.65. The highest BCUT2D eigenvalue weighted by Gasteiger charge is 1.96. The number of nitrogens with one attached hydrogen (secondary N) is 1. The van der Waals surface area contributed by atoms with Crippen molar-refractivity contribution in [1.29, 1.82) is 0 Å². The van der Waals surface area contributed by atoms with Crippen molar-refractivity contribution in [2.45, 2.75) is 26.9 Å². The molecular formula is C14H17NS. The van der Waals surface area contributed by atoms with E-state index in [-0.39, 0.29) is 0 Å². The van der Waals surface area contributed by atoms with Crippen molar-refractivity contribution in [3.8, 4) is 0 Å². The van der Waals surface area contributed by atoms with Crippen LogP contribution in [0.1, 0.15) is 22.3 Å². The lowest BCUT2D eigenvalue weighted by molar-refractivity contribution is 0.694. The first-order valence-electron chi connectivity index (χ1n) is 5.53. The molecule has 16 heavy (non-hydrogen) atoms. The van der Waals surface area contributed by atoms with E-state index in [9.17, 15) is 0 Å². The molecule has 1 heterocycles. The molecule has 0 radical (unpaired) electrons. The van der Waals surface area contributed by atoms with E-state index in [1.54, 1.807) is 11.3 Å². The van der Waals surface area contributed by atoms with Crippen LogP contribution in [0.3, 0.4) is 0 Å². The van der Waals surface area contributed by atoms with E-state index < -0.39 is 0 Å². The number of aryl methyl sites for hydroxylation is 2. The van der Waals surface area contributed by atoms with Gasteiger partial charge in [-0.25, -0.2) is 0 Å². The summed E-state index contributed by atoms with van der Waals surface area (Å²) in [6.07, 6.45) is 0. The highest BCUT2D eigenvalue weighted by atomic mass is 32.1. The molecule has 0 unspecified atom stereocenters. The Morgan fingerprint density at radius 2 is 1.69 bits per heavy atom. The molecule has 1 nitrogen and oxygen atoms in total. The molecule has 0 spiro atoms. The Morgan fingerprint density at radius 3 is 2.31 bits per heavy atom. The van der Waals surface area contributed by atoms with Gasteiger partial charge >= 0.3 is 0 Å². The number of benzene rings is 1. The molecule has 0 saturated heterocycles. The molecule has 0 saturated carbocycles. The summed E-state index contributed by atoms with van der Waals surface area (Å²) in [6, 6.07) is 8.86. The monoisotopic (exact) mass is 231 g/mol. The lowest BCUT2D eigenvalue weighted by atomic mass is 10.1. The van der Waals surface area contributed by atoms with Crippen molar-refractivity contribution in [1.82, 2.24) is 5.32 Å². The summed E-state index contributed by atoms with van der Waals surface area (Å²) in [7, 11) is 0. The molecule has 1 aromatic heterocycles. The molecule has 2 heteroatoms. The molecule has 0 aliphatic rings. The van der Waals surface area contributed by atoms with E-state index >= 15 is 0 Å². The second-order valence-corrected chi connectivity index (χ2v) is 5.01. The first-order chi connectivity index (χ1) is 7.74. The Labute approximate surface area is 101 Å². The van der Waals surface area contributed by atoms with Crippen LogP contribution in [0.25, 0.3) is 0 Å². The van der Waals surface area contributed by atoms with Gasteiger partial charge in [-0.3, -0.25) is 0 Å². The summed E-state index contributed by atoms with van der Waals surface area (Å²) in [5.74, 6) is 0. The van der Waals surface area contributed by atoms with E-state index in [1.165, 1.54) is 22.3 Å². The van der Waals surface area contributed by atoms with E-state index in [2.05, 4.69) is 54.2 Å². The summed E-state index contributed by atoms with van der Waals surface area (Å²) in [5.41, 5.74) is 5.42. The first-order valence-corrected chi connectivity index (χ1v) is 6.47. The maximum Gasteiger partial charge on any atom is 0.0216 e. The quantitative estimate of drug-likeness (QED) is 0.847. The van der Waals surface area contributed by atoms with E-state index in [0.717, 1.165) is 13.1 Å². The van der Waals surface area contributed by atoms with Gasteiger partial charge in [-0.2, -0.15) is 11.3 Å². The van der Waals surface area contributed by atoms with Crippen molar-refractivity contribution < 1.29 is 0 Å². The van der Waals surface area contributed by atoms with Gasteiger partial charge < -0.3 is 5.32 Å². The minimum Gasteiger partial charge on any atom is -0.309 e. The Hall–Kier alpha value is -1.12. The molecule has 0 amide bonds. The minimum absolute atomic E-state index is 0.943. The van der Waals surface area contributed by atoms with Gasteiger partial charge in [0.15, 0.2) is 0 Å². The highest BCUT2D eigenvalue weighted by Crippen LogP contribution is 2.09. The molecule has 0 atom stereocenters. The third-order valence-electron chi connectivity index (χ3n) is 2.52. The SMILES string of the molecule is Cc1cc(C)cc(CNCc2ccsc2)c1. The predicted molar refractivity (Wildman–Crippen MR) is 70.8 cm³/mol. The van der Waals surface area contributed by atoms with Gasteiger partial charge in [-0.05, 0) is 41.8 Å². The highest BCUT2D eigenvalue weighted by molar-refractivity contribution is 7.07. The lowest BCUT2D eigenvalue weighted by Gasteiger charge is -2.06. The van der Waals surface area contributed by atoms with Crippen LogP contribution in [0.5, 0.6) is 0 Å². The Balaban J connectivity index is 1.89. The van der Waals surface area contributed by atoms with Gasteiger partial charge in [-0.1, -0.05) is 29.3 Å². The van der Waals surface area contributed by atoms with Crippen LogP contribution < -0.4 is 5.32 Å². The second kappa shape index (κ2) is 5.28. The Kier molecular flexibility index (Phi) is 3.75. The minimum atomic E-state index is 0.943. The third-order valence-corrected chi connectivity index (χ3v) is 3.25. The summed E-state index contributed by atoms with van der Waals surface area (Å²) in [4.78, 5) is 0. The summed E-state index contributed by atoms with van der Waals surface area (Å²) >= 11 is 1.75. The maximum absolute atomic E-state index is 3.47. The van der Waals surface area contributed by atoms with E-state index in [0.29, 0.717) is 0 Å². The van der Waals surface area contributed by atoms with Crippen molar-refractivity contribution in [2.75, 3.05) is 0 Å². The number of rotatable bonds is 4. The van der Waals surface area contributed by atoms with Crippen LogP contribution in [0.2, 0.25) is 0 Å². The largest absolute Gasteiger partial charge is 0.309 e. The molecule has 0 bridgehead atoms. The third kappa shape index (κ3) is 3.19. The van der Waals surface area contributed by atoms with Crippen molar-refractivity contribution >= 4 is 11.3 Å². The van der Waals surface area contributed by atoms with Crippen molar-refractivity contribution in [2.24, 2.45) is 0 Å². The van der Waals surface area contributed by atoms with Crippen LogP contribution in [0.15, 0.2) is 35.0 Å². The average Bonchev–Trinajstić information content (AvgIpc) is 2.69. The fourth-order valence-corrected chi connectivity index (χ4v) is 2.58. The topological polar surface area (TPSA) is 12.0 Å². The molecule has 0 aliphatic heterocycles. The lowest BCUT2D eigenvalue weighted by Crippen LogP contribution is -2.12. The number of hydrogen-bond acceptors (Lipinski definition) is 2. The van der Waals surface area contributed by atoms with Crippen LogP contribution in [-0.2, 0) is 13.1 Å². The standard InChI is InChI=1S/C14H17NS/c1-11-5-12(2)7-14(6-11)9-15-8-13-3-4-16-10-13/h3-7,10,15H,8-9H2,1-2H3. The first kappa shape index (κ1) is 11.4. The molecule has 2 aromatic rings. The number of thiophene rings is 1. The van der Waals surface area contributed by atoms with Gasteiger partial charge in [0, 0.05) is 13.1 Å². The van der Waals surface area contributed by atoms with Crippen molar-refractivity contribution in [3.05, 3.63) is 57.3 Å². The van der Waals surface area contributed by atoms with Gasteiger partial charge in [0.2, 0.25) is 0 Å². The van der Waals surface area contributed by atoms with Crippen LogP contribution in [0.4, 0.5) is 0 Å². The van der Waals surface area contributed by atoms with Crippen molar-refractivity contribution in [3.63, 3.8) is 0 Å². The summed E-state index contributed by atoms with van der Waals surface area (Å²) in [5, 5.41) is 7.77. The van der Waals surface area contributed by atoms with Crippen LogP contribution in [0, 0.1) is 13.8 Å².